The van der Waals surface area contributed by atoms with Gasteiger partial charge < -0.3 is 10.6 Å². The fourth-order valence-corrected chi connectivity index (χ4v) is 4.06. The molecule has 3 N–H and O–H groups in total. The van der Waals surface area contributed by atoms with Gasteiger partial charge in [-0.2, -0.15) is 5.10 Å². The molecule has 0 spiro atoms. The van der Waals surface area contributed by atoms with Crippen LogP contribution in [0.15, 0.2) is 4.90 Å². The Kier molecular flexibility index (Phi) is 5.23. The number of hydrogen-bond donors (Lipinski definition) is 2. The predicted molar refractivity (Wildman–Crippen MR) is 82.5 cm³/mol. The van der Waals surface area contributed by atoms with Crippen LogP contribution in [0, 0.1) is 6.92 Å². The molecule has 1 aliphatic heterocycles. The first-order valence-corrected chi connectivity index (χ1v) is 8.91. The van der Waals surface area contributed by atoms with E-state index in [2.05, 4.69) is 14.7 Å². The lowest BCUT2D eigenvalue weighted by atomic mass is 10.2. The van der Waals surface area contributed by atoms with Crippen molar-refractivity contribution in [3.8, 4) is 0 Å². The van der Waals surface area contributed by atoms with Crippen molar-refractivity contribution in [2.45, 2.75) is 37.5 Å². The molecule has 0 aliphatic carbocycles. The Morgan fingerprint density at radius 2 is 1.86 bits per heavy atom. The maximum atomic E-state index is 12.3. The summed E-state index contributed by atoms with van der Waals surface area (Å²) in [5, 5.41) is 3.95. The van der Waals surface area contributed by atoms with E-state index in [-0.39, 0.29) is 10.7 Å². The largest absolute Gasteiger partial charge is 0.381 e. The van der Waals surface area contributed by atoms with Gasteiger partial charge in [0.05, 0.1) is 5.69 Å². The van der Waals surface area contributed by atoms with Gasteiger partial charge in [-0.15, -0.1) is 0 Å². The van der Waals surface area contributed by atoms with Gasteiger partial charge in [0.25, 0.3) is 0 Å². The second-order valence-electron chi connectivity index (χ2n) is 5.58. The number of sulfonamides is 1. The van der Waals surface area contributed by atoms with E-state index in [9.17, 15) is 8.42 Å². The molecule has 1 aromatic heterocycles. The van der Waals surface area contributed by atoms with E-state index in [1.54, 1.807) is 14.0 Å². The van der Waals surface area contributed by atoms with Crippen molar-refractivity contribution in [1.82, 2.24) is 19.4 Å². The average molecular weight is 315 g/mol. The summed E-state index contributed by atoms with van der Waals surface area (Å²) in [5.74, 6) is 0.0530. The molecule has 1 aromatic rings. The molecule has 7 nitrogen and oxygen atoms in total. The van der Waals surface area contributed by atoms with E-state index in [4.69, 9.17) is 5.73 Å². The maximum Gasteiger partial charge on any atom is 0.246 e. The molecule has 0 saturated carbocycles. The van der Waals surface area contributed by atoms with Crippen LogP contribution < -0.4 is 10.5 Å². The number of anilines is 1. The van der Waals surface area contributed by atoms with Crippen LogP contribution in [0.3, 0.4) is 0 Å². The lowest BCUT2D eigenvalue weighted by molar-refractivity contribution is 0.290. The highest BCUT2D eigenvalue weighted by atomic mass is 32.2. The Hall–Kier alpha value is -1.12. The van der Waals surface area contributed by atoms with E-state index in [1.165, 1.54) is 30.4 Å². The summed E-state index contributed by atoms with van der Waals surface area (Å²) < 4.78 is 28.8. The Morgan fingerprint density at radius 3 is 2.38 bits per heavy atom. The molecule has 120 valence electrons. The molecule has 8 heteroatoms. The van der Waals surface area contributed by atoms with Gasteiger partial charge in [0, 0.05) is 20.1 Å². The minimum atomic E-state index is -3.60. The number of aryl methyl sites for hydroxylation is 1. The molecule has 1 saturated heterocycles. The Labute approximate surface area is 126 Å². The number of hydrogen-bond acceptors (Lipinski definition) is 5. The van der Waals surface area contributed by atoms with E-state index < -0.39 is 10.0 Å². The Morgan fingerprint density at radius 1 is 1.24 bits per heavy atom. The molecule has 0 unspecified atom stereocenters. The normalized spacial score (nSPS) is 17.8. The van der Waals surface area contributed by atoms with Crippen molar-refractivity contribution >= 4 is 15.8 Å². The van der Waals surface area contributed by atoms with Gasteiger partial charge in [-0.3, -0.25) is 4.68 Å². The summed E-state index contributed by atoms with van der Waals surface area (Å²) in [6, 6.07) is 0. The zero-order valence-corrected chi connectivity index (χ0v) is 13.6. The molecule has 0 amide bonds. The van der Waals surface area contributed by atoms with Crippen LogP contribution in [-0.2, 0) is 17.1 Å². The van der Waals surface area contributed by atoms with Gasteiger partial charge in [0.2, 0.25) is 10.0 Å². The molecule has 0 radical (unpaired) electrons. The molecule has 0 aromatic carbocycles. The molecule has 2 rings (SSSR count). The number of aromatic nitrogens is 2. The van der Waals surface area contributed by atoms with Crippen molar-refractivity contribution in [3.63, 3.8) is 0 Å². The first-order chi connectivity index (χ1) is 9.92. The van der Waals surface area contributed by atoms with E-state index >= 15 is 0 Å². The lowest BCUT2D eigenvalue weighted by Crippen LogP contribution is -2.35. The zero-order valence-electron chi connectivity index (χ0n) is 12.8. The molecule has 21 heavy (non-hydrogen) atoms. The van der Waals surface area contributed by atoms with E-state index in [1.807, 2.05) is 0 Å². The van der Waals surface area contributed by atoms with E-state index in [0.29, 0.717) is 12.2 Å². The van der Waals surface area contributed by atoms with Crippen LogP contribution in [-0.4, -0.2) is 49.3 Å². The van der Waals surface area contributed by atoms with Gasteiger partial charge in [-0.25, -0.2) is 13.1 Å². The minimum Gasteiger partial charge on any atom is -0.381 e. The molecular formula is C13H25N5O2S. The Balaban J connectivity index is 1.95. The zero-order chi connectivity index (χ0) is 15.5. The van der Waals surface area contributed by atoms with Crippen molar-refractivity contribution in [3.05, 3.63) is 5.69 Å². The summed E-state index contributed by atoms with van der Waals surface area (Å²) in [4.78, 5) is 2.41. The van der Waals surface area contributed by atoms with Crippen LogP contribution in [0.1, 0.15) is 31.4 Å². The number of rotatable bonds is 5. The SMILES string of the molecule is Cc1c(S(=O)(=O)NCCN2CCCCCC2)c(N)nn1C. The highest BCUT2D eigenvalue weighted by Gasteiger charge is 2.24. The topological polar surface area (TPSA) is 93.2 Å². The maximum absolute atomic E-state index is 12.3. The molecule has 0 atom stereocenters. The van der Waals surface area contributed by atoms with E-state index in [0.717, 1.165) is 19.6 Å². The minimum absolute atomic E-state index is 0.0530. The van der Waals surface area contributed by atoms with Crippen molar-refractivity contribution in [2.24, 2.45) is 7.05 Å². The summed E-state index contributed by atoms with van der Waals surface area (Å²) >= 11 is 0. The molecule has 2 heterocycles. The van der Waals surface area contributed by atoms with Gasteiger partial charge in [-0.05, 0) is 32.9 Å². The van der Waals surface area contributed by atoms with Crippen LogP contribution in [0.5, 0.6) is 0 Å². The fraction of sp³-hybridized carbons (Fsp3) is 0.769. The van der Waals surface area contributed by atoms with Crippen molar-refractivity contribution in [1.29, 1.82) is 0 Å². The predicted octanol–water partition coefficient (Wildman–Crippen LogP) is 0.465. The lowest BCUT2D eigenvalue weighted by Gasteiger charge is -2.19. The van der Waals surface area contributed by atoms with Gasteiger partial charge >= 0.3 is 0 Å². The number of nitrogens with two attached hydrogens (primary N) is 1. The third-order valence-corrected chi connectivity index (χ3v) is 5.62. The first kappa shape index (κ1) is 16.3. The van der Waals surface area contributed by atoms with Crippen LogP contribution in [0.2, 0.25) is 0 Å². The summed E-state index contributed by atoms with van der Waals surface area (Å²) in [6.45, 7) is 4.94. The summed E-state index contributed by atoms with van der Waals surface area (Å²) in [7, 11) is -1.91. The highest BCUT2D eigenvalue weighted by Crippen LogP contribution is 2.20. The van der Waals surface area contributed by atoms with Crippen LogP contribution in [0.25, 0.3) is 0 Å². The van der Waals surface area contributed by atoms with Crippen LogP contribution in [0.4, 0.5) is 5.82 Å². The monoisotopic (exact) mass is 315 g/mol. The first-order valence-electron chi connectivity index (χ1n) is 7.43. The average Bonchev–Trinajstić information content (AvgIpc) is 2.60. The molecule has 1 aliphatic rings. The second-order valence-corrected chi connectivity index (χ2v) is 7.28. The summed E-state index contributed by atoms with van der Waals surface area (Å²) in [6.07, 6.45) is 4.93. The third kappa shape index (κ3) is 3.96. The fourth-order valence-electron chi connectivity index (χ4n) is 2.72. The smallest absolute Gasteiger partial charge is 0.246 e. The van der Waals surface area contributed by atoms with Crippen molar-refractivity contribution < 1.29 is 8.42 Å². The van der Waals surface area contributed by atoms with Crippen molar-refractivity contribution in [2.75, 3.05) is 31.9 Å². The molecular weight excluding hydrogens is 290 g/mol. The quantitative estimate of drug-likeness (QED) is 0.823. The van der Waals surface area contributed by atoms with Crippen LogP contribution >= 0.6 is 0 Å². The number of nitrogens with zero attached hydrogens (tertiary/aromatic N) is 3. The number of nitrogens with one attached hydrogen (secondary N) is 1. The summed E-state index contributed by atoms with van der Waals surface area (Å²) in [5.41, 5.74) is 6.25. The third-order valence-electron chi connectivity index (χ3n) is 3.99. The number of nitrogen functional groups attached to an aromatic ring is 1. The van der Waals surface area contributed by atoms with Gasteiger partial charge in [-0.1, -0.05) is 12.8 Å². The van der Waals surface area contributed by atoms with Gasteiger partial charge in [0.15, 0.2) is 5.82 Å². The highest BCUT2D eigenvalue weighted by molar-refractivity contribution is 7.89. The second kappa shape index (κ2) is 6.76. The molecule has 1 fully saturated rings. The number of likely N-dealkylation sites (tertiary alicyclic amines) is 1. The van der Waals surface area contributed by atoms with Gasteiger partial charge in [0.1, 0.15) is 4.90 Å². The Bertz CT molecular complexity index is 574. The standard InChI is InChI=1S/C13H25N5O2S/c1-11-12(13(14)16-17(11)2)21(19,20)15-7-10-18-8-5-3-4-6-9-18/h15H,3-10H2,1-2H3,(H2,14,16). The molecule has 0 bridgehead atoms.